The minimum absolute atomic E-state index is 0.501. The smallest absolute Gasteiger partial charge is 0.189 e. The number of hydrogen-bond acceptors (Lipinski definition) is 3. The molecule has 3 N–H and O–H groups in total. The number of piperazine rings is 1. The molecular weight excluding hydrogens is 334 g/mol. The summed E-state index contributed by atoms with van der Waals surface area (Å²) in [7, 11) is 0. The molecule has 0 aromatic heterocycles. The fourth-order valence-electron chi connectivity index (χ4n) is 4.22. The van der Waals surface area contributed by atoms with Gasteiger partial charge >= 0.3 is 0 Å². The molecule has 1 saturated heterocycles. The van der Waals surface area contributed by atoms with Crippen molar-refractivity contribution in [3.8, 4) is 0 Å². The van der Waals surface area contributed by atoms with Crippen LogP contribution in [0.5, 0.6) is 0 Å². The second kappa shape index (κ2) is 10.7. The summed E-state index contributed by atoms with van der Waals surface area (Å²) in [5, 5.41) is 3.45. The Morgan fingerprint density at radius 3 is 2.30 bits per heavy atom. The summed E-state index contributed by atoms with van der Waals surface area (Å²) in [6.07, 6.45) is 7.76. The quantitative estimate of drug-likeness (QED) is 0.459. The summed E-state index contributed by atoms with van der Waals surface area (Å²) >= 11 is 0. The molecule has 0 spiro atoms. The van der Waals surface area contributed by atoms with E-state index in [9.17, 15) is 0 Å². The molecule has 0 radical (unpaired) electrons. The van der Waals surface area contributed by atoms with Crippen LogP contribution in [0.2, 0.25) is 0 Å². The lowest BCUT2D eigenvalue weighted by molar-refractivity contribution is 0.131. The molecule has 1 aromatic carbocycles. The Labute approximate surface area is 165 Å². The Kier molecular flexibility index (Phi) is 7.96. The van der Waals surface area contributed by atoms with Crippen LogP contribution in [-0.4, -0.2) is 54.5 Å². The molecule has 1 aromatic rings. The van der Waals surface area contributed by atoms with Crippen molar-refractivity contribution in [1.82, 2.24) is 15.1 Å². The van der Waals surface area contributed by atoms with E-state index in [0.717, 1.165) is 26.2 Å². The van der Waals surface area contributed by atoms with Gasteiger partial charge in [-0.3, -0.25) is 4.90 Å². The first-order chi connectivity index (χ1) is 13.2. The number of aliphatic imine (C=N–C) groups is 1. The van der Waals surface area contributed by atoms with Gasteiger partial charge in [-0.25, -0.2) is 4.99 Å². The summed E-state index contributed by atoms with van der Waals surface area (Å²) in [5.41, 5.74) is 8.87. The van der Waals surface area contributed by atoms with E-state index in [4.69, 9.17) is 5.73 Å². The molecule has 27 heavy (non-hydrogen) atoms. The van der Waals surface area contributed by atoms with Crippen molar-refractivity contribution in [2.75, 3.05) is 32.7 Å². The molecular formula is C22H37N5. The third-order valence-corrected chi connectivity index (χ3v) is 6.05. The van der Waals surface area contributed by atoms with Gasteiger partial charge in [0.1, 0.15) is 0 Å². The lowest BCUT2D eigenvalue weighted by Gasteiger charge is -2.34. The number of nitrogens with one attached hydrogen (secondary N) is 1. The molecule has 2 fully saturated rings. The first-order valence-electron chi connectivity index (χ1n) is 10.8. The predicted octanol–water partition coefficient (Wildman–Crippen LogP) is 2.95. The number of rotatable bonds is 6. The maximum atomic E-state index is 6.19. The maximum absolute atomic E-state index is 6.19. The van der Waals surface area contributed by atoms with Crippen LogP contribution in [0.15, 0.2) is 29.3 Å². The van der Waals surface area contributed by atoms with Gasteiger partial charge < -0.3 is 16.0 Å². The van der Waals surface area contributed by atoms with Gasteiger partial charge in [0.25, 0.3) is 0 Å². The highest BCUT2D eigenvalue weighted by molar-refractivity contribution is 5.78. The van der Waals surface area contributed by atoms with Crippen LogP contribution in [0.1, 0.15) is 56.6 Å². The second-order valence-corrected chi connectivity index (χ2v) is 8.01. The molecule has 1 aliphatic heterocycles. The van der Waals surface area contributed by atoms with Gasteiger partial charge in [0.15, 0.2) is 5.96 Å². The minimum Gasteiger partial charge on any atom is -0.370 e. The summed E-state index contributed by atoms with van der Waals surface area (Å²) in [6, 6.07) is 9.18. The lowest BCUT2D eigenvalue weighted by atomic mass is 10.1. The highest BCUT2D eigenvalue weighted by atomic mass is 15.3. The molecule has 0 bridgehead atoms. The minimum atomic E-state index is 0.501. The van der Waals surface area contributed by atoms with Crippen LogP contribution in [0.4, 0.5) is 0 Å². The van der Waals surface area contributed by atoms with E-state index in [-0.39, 0.29) is 0 Å². The topological polar surface area (TPSA) is 56.9 Å². The Bertz CT molecular complexity index is 584. The van der Waals surface area contributed by atoms with Crippen molar-refractivity contribution >= 4 is 5.96 Å². The zero-order valence-corrected chi connectivity index (χ0v) is 17.0. The van der Waals surface area contributed by atoms with Gasteiger partial charge in [-0.05, 0) is 30.5 Å². The van der Waals surface area contributed by atoms with Crippen molar-refractivity contribution in [1.29, 1.82) is 0 Å². The van der Waals surface area contributed by atoms with Gasteiger partial charge in [-0.2, -0.15) is 0 Å². The lowest BCUT2D eigenvalue weighted by Crippen LogP contribution is -2.45. The Morgan fingerprint density at radius 1 is 1.00 bits per heavy atom. The van der Waals surface area contributed by atoms with Crippen LogP contribution in [0, 0.1) is 0 Å². The van der Waals surface area contributed by atoms with E-state index in [1.807, 2.05) is 0 Å². The van der Waals surface area contributed by atoms with E-state index in [1.54, 1.807) is 0 Å². The SMILES string of the molecule is CCN1CCN(Cc2ccccc2CN=C(N)NC2CCCCCC2)CC1. The summed E-state index contributed by atoms with van der Waals surface area (Å²) in [4.78, 5) is 9.73. The van der Waals surface area contributed by atoms with Crippen LogP contribution in [-0.2, 0) is 13.1 Å². The van der Waals surface area contributed by atoms with E-state index in [2.05, 4.69) is 51.3 Å². The summed E-state index contributed by atoms with van der Waals surface area (Å²) in [6.45, 7) is 9.73. The van der Waals surface area contributed by atoms with Crippen LogP contribution < -0.4 is 11.1 Å². The summed E-state index contributed by atoms with van der Waals surface area (Å²) < 4.78 is 0. The van der Waals surface area contributed by atoms with E-state index in [0.29, 0.717) is 18.5 Å². The second-order valence-electron chi connectivity index (χ2n) is 8.01. The molecule has 1 saturated carbocycles. The highest BCUT2D eigenvalue weighted by Crippen LogP contribution is 2.17. The van der Waals surface area contributed by atoms with E-state index in [1.165, 1.54) is 62.7 Å². The molecule has 3 rings (SSSR count). The molecule has 150 valence electrons. The third kappa shape index (κ3) is 6.51. The molecule has 2 aliphatic rings. The average molecular weight is 372 g/mol. The number of likely N-dealkylation sites (N-methyl/N-ethyl adjacent to an activating group) is 1. The van der Waals surface area contributed by atoms with Gasteiger partial charge in [0.2, 0.25) is 0 Å². The monoisotopic (exact) mass is 371 g/mol. The maximum Gasteiger partial charge on any atom is 0.189 e. The standard InChI is InChI=1S/C22H37N5/c1-2-26-13-15-27(16-14-26)18-20-10-8-7-9-19(20)17-24-22(23)25-21-11-5-3-4-6-12-21/h7-10,21H,2-6,11-18H2,1H3,(H3,23,24,25). The number of guanidine groups is 1. The van der Waals surface area contributed by atoms with Gasteiger partial charge in [-0.15, -0.1) is 0 Å². The largest absolute Gasteiger partial charge is 0.370 e. The number of benzene rings is 1. The van der Waals surface area contributed by atoms with Crippen LogP contribution in [0.25, 0.3) is 0 Å². The molecule has 0 unspecified atom stereocenters. The van der Waals surface area contributed by atoms with Gasteiger partial charge in [0, 0.05) is 38.8 Å². The Balaban J connectivity index is 1.53. The van der Waals surface area contributed by atoms with Crippen molar-refractivity contribution in [3.05, 3.63) is 35.4 Å². The molecule has 0 atom stereocenters. The van der Waals surface area contributed by atoms with Crippen molar-refractivity contribution in [2.24, 2.45) is 10.7 Å². The molecule has 1 aliphatic carbocycles. The normalized spacial score (nSPS) is 21.1. The van der Waals surface area contributed by atoms with E-state index >= 15 is 0 Å². The molecule has 5 heteroatoms. The van der Waals surface area contributed by atoms with Crippen LogP contribution >= 0.6 is 0 Å². The fourth-order valence-corrected chi connectivity index (χ4v) is 4.22. The van der Waals surface area contributed by atoms with Crippen LogP contribution in [0.3, 0.4) is 0 Å². The zero-order chi connectivity index (χ0) is 18.9. The van der Waals surface area contributed by atoms with Crippen molar-refractivity contribution < 1.29 is 0 Å². The first kappa shape index (κ1) is 20.2. The molecule has 5 nitrogen and oxygen atoms in total. The molecule has 0 amide bonds. The first-order valence-corrected chi connectivity index (χ1v) is 10.8. The Morgan fingerprint density at radius 2 is 1.63 bits per heavy atom. The number of nitrogens with two attached hydrogens (primary N) is 1. The average Bonchev–Trinajstić information content (AvgIpc) is 2.96. The number of hydrogen-bond donors (Lipinski definition) is 2. The number of nitrogens with zero attached hydrogens (tertiary/aromatic N) is 3. The fraction of sp³-hybridized carbons (Fsp3) is 0.682. The van der Waals surface area contributed by atoms with Crippen molar-refractivity contribution in [3.63, 3.8) is 0 Å². The predicted molar refractivity (Wildman–Crippen MR) is 114 cm³/mol. The summed E-state index contributed by atoms with van der Waals surface area (Å²) in [5.74, 6) is 0.605. The van der Waals surface area contributed by atoms with Crippen molar-refractivity contribution in [2.45, 2.75) is 64.6 Å². The third-order valence-electron chi connectivity index (χ3n) is 6.05. The van der Waals surface area contributed by atoms with E-state index < -0.39 is 0 Å². The van der Waals surface area contributed by atoms with Gasteiger partial charge in [-0.1, -0.05) is 56.9 Å². The van der Waals surface area contributed by atoms with Gasteiger partial charge in [0.05, 0.1) is 6.54 Å². The Hall–Kier alpha value is -1.59. The molecule has 1 heterocycles. The zero-order valence-electron chi connectivity index (χ0n) is 17.0. The highest BCUT2D eigenvalue weighted by Gasteiger charge is 2.16.